The molecule has 6 heterocycles. The zero-order valence-electron chi connectivity index (χ0n) is 17.5. The lowest BCUT2D eigenvalue weighted by Gasteiger charge is -2.08. The van der Waals surface area contributed by atoms with Gasteiger partial charge in [-0.1, -0.05) is 13.0 Å². The van der Waals surface area contributed by atoms with Crippen molar-refractivity contribution in [3.63, 3.8) is 0 Å². The van der Waals surface area contributed by atoms with Crippen molar-refractivity contribution in [1.29, 1.82) is 0 Å². The second kappa shape index (κ2) is 7.46. The molecule has 0 amide bonds. The summed E-state index contributed by atoms with van der Waals surface area (Å²) in [6.07, 6.45) is 24.8. The van der Waals surface area contributed by atoms with Gasteiger partial charge < -0.3 is 0 Å². The molecule has 0 aliphatic carbocycles. The number of allylic oxidation sites excluding steroid dienone is 12. The largest absolute Gasteiger partial charge is 0.256 e. The third-order valence-electron chi connectivity index (χ3n) is 5.57. The van der Waals surface area contributed by atoms with Crippen molar-refractivity contribution < 1.29 is 0 Å². The van der Waals surface area contributed by atoms with E-state index in [0.717, 1.165) is 63.3 Å². The third kappa shape index (κ3) is 3.44. The zero-order chi connectivity index (χ0) is 21.5. The highest BCUT2D eigenvalue weighted by molar-refractivity contribution is 6.32. The number of aromatic nitrogens is 1. The van der Waals surface area contributed by atoms with E-state index in [0.29, 0.717) is 0 Å². The van der Waals surface area contributed by atoms with E-state index in [2.05, 4.69) is 29.0 Å². The average molecular weight is 413 g/mol. The quantitative estimate of drug-likeness (QED) is 0.668. The van der Waals surface area contributed by atoms with Gasteiger partial charge in [0.05, 0.1) is 51.3 Å². The Morgan fingerprint density at radius 3 is 1.84 bits per heavy atom. The van der Waals surface area contributed by atoms with Crippen LogP contribution < -0.4 is 0 Å². The maximum Gasteiger partial charge on any atom is 0.0756 e. The summed E-state index contributed by atoms with van der Waals surface area (Å²) in [4.78, 5) is 23.7. The first kappa shape index (κ1) is 18.5. The van der Waals surface area contributed by atoms with Gasteiger partial charge in [0, 0.05) is 11.8 Å². The van der Waals surface area contributed by atoms with E-state index in [-0.39, 0.29) is 0 Å². The van der Waals surface area contributed by atoms with Gasteiger partial charge in [0.15, 0.2) is 0 Å². The van der Waals surface area contributed by atoms with E-state index in [1.807, 2.05) is 73.0 Å². The normalized spacial score (nSPS) is 20.2. The topological polar surface area (TPSA) is 62.3 Å². The van der Waals surface area contributed by atoms with E-state index < -0.39 is 0 Å². The van der Waals surface area contributed by atoms with Crippen molar-refractivity contribution in [3.05, 3.63) is 119 Å². The first-order valence-electron chi connectivity index (χ1n) is 10.7. The minimum Gasteiger partial charge on any atom is -0.256 e. The highest BCUT2D eigenvalue weighted by Crippen LogP contribution is 2.29. The van der Waals surface area contributed by atoms with Crippen LogP contribution in [0, 0.1) is 0 Å². The fraction of sp³-hybridized carbons (Fsp3) is 0.0741. The number of nitrogens with zero attached hydrogens (tertiary/aromatic N) is 5. The van der Waals surface area contributed by atoms with E-state index >= 15 is 0 Å². The predicted octanol–water partition coefficient (Wildman–Crippen LogP) is 5.06. The van der Waals surface area contributed by atoms with Gasteiger partial charge in [0.2, 0.25) is 0 Å². The van der Waals surface area contributed by atoms with Gasteiger partial charge in [-0.3, -0.25) is 4.98 Å². The van der Waals surface area contributed by atoms with Gasteiger partial charge in [0.1, 0.15) is 0 Å². The molecule has 1 aromatic heterocycles. The van der Waals surface area contributed by atoms with Gasteiger partial charge in [0.25, 0.3) is 0 Å². The Morgan fingerprint density at radius 2 is 1.22 bits per heavy atom. The Balaban J connectivity index is 1.52. The van der Waals surface area contributed by atoms with Crippen LogP contribution in [-0.2, 0) is 6.42 Å². The first-order chi connectivity index (χ1) is 15.7. The lowest BCUT2D eigenvalue weighted by atomic mass is 10.00. The molecule has 0 atom stereocenters. The van der Waals surface area contributed by atoms with Crippen molar-refractivity contribution in [1.82, 2.24) is 4.98 Å². The lowest BCUT2D eigenvalue weighted by molar-refractivity contribution is 1.09. The van der Waals surface area contributed by atoms with Crippen LogP contribution in [0.1, 0.15) is 18.2 Å². The minimum absolute atomic E-state index is 0.850. The Labute approximate surface area is 186 Å². The van der Waals surface area contributed by atoms with Gasteiger partial charge in [-0.05, 0) is 84.9 Å². The maximum absolute atomic E-state index is 4.91. The van der Waals surface area contributed by atoms with Crippen LogP contribution in [0.5, 0.6) is 0 Å². The van der Waals surface area contributed by atoms with Crippen molar-refractivity contribution >= 4 is 28.4 Å². The molecular formula is C27H19N5. The number of pyridine rings is 1. The summed E-state index contributed by atoms with van der Waals surface area (Å²) in [5.74, 6) is 0. The van der Waals surface area contributed by atoms with Crippen molar-refractivity contribution in [2.45, 2.75) is 13.3 Å². The number of hydrogen-bond acceptors (Lipinski definition) is 5. The molecule has 0 fully saturated rings. The molecule has 5 nitrogen and oxygen atoms in total. The highest BCUT2D eigenvalue weighted by atomic mass is 14.8. The molecule has 0 spiro atoms. The van der Waals surface area contributed by atoms with Gasteiger partial charge in [-0.25, -0.2) is 20.0 Å². The molecule has 0 unspecified atom stereocenters. The summed E-state index contributed by atoms with van der Waals surface area (Å²) in [5, 5.41) is 0. The van der Waals surface area contributed by atoms with Crippen LogP contribution in [0.4, 0.5) is 0 Å². The molecule has 0 aromatic carbocycles. The molecule has 0 N–H and O–H groups in total. The van der Waals surface area contributed by atoms with Crippen LogP contribution in [0.3, 0.4) is 0 Å². The van der Waals surface area contributed by atoms with E-state index in [4.69, 9.17) is 15.0 Å². The van der Waals surface area contributed by atoms with E-state index in [1.54, 1.807) is 0 Å². The van der Waals surface area contributed by atoms with Crippen LogP contribution >= 0.6 is 0 Å². The molecule has 5 aliphatic rings. The summed E-state index contributed by atoms with van der Waals surface area (Å²) in [6.45, 7) is 2.14. The molecule has 6 rings (SSSR count). The Bertz CT molecular complexity index is 1430. The fourth-order valence-corrected chi connectivity index (χ4v) is 4.05. The van der Waals surface area contributed by atoms with Crippen LogP contribution in [0.15, 0.2) is 128 Å². The lowest BCUT2D eigenvalue weighted by Crippen LogP contribution is -2.02. The Morgan fingerprint density at radius 1 is 0.625 bits per heavy atom. The van der Waals surface area contributed by atoms with Crippen molar-refractivity contribution in [2.75, 3.05) is 0 Å². The molecule has 1 aromatic rings. The molecule has 152 valence electrons. The average Bonchev–Trinajstić information content (AvgIpc) is 3.59. The summed E-state index contributed by atoms with van der Waals surface area (Å²) in [7, 11) is 0. The summed E-state index contributed by atoms with van der Waals surface area (Å²) in [5.41, 5.74) is 10.1. The number of aliphatic imine (C=N–C) groups is 4. The third-order valence-corrected chi connectivity index (χ3v) is 5.57. The first-order valence-corrected chi connectivity index (χ1v) is 10.7. The van der Waals surface area contributed by atoms with E-state index in [9.17, 15) is 0 Å². The maximum atomic E-state index is 4.91. The monoisotopic (exact) mass is 413 g/mol. The molecule has 8 bridgehead atoms. The van der Waals surface area contributed by atoms with Crippen LogP contribution in [0.2, 0.25) is 0 Å². The number of aryl methyl sites for hydroxylation is 1. The number of hydrogen-bond donors (Lipinski definition) is 0. The number of fused-ring (bicyclic) bond motifs is 4. The summed E-state index contributed by atoms with van der Waals surface area (Å²) >= 11 is 0. The minimum atomic E-state index is 0.850. The SMILES string of the molecule is CCc1cccnc1C1=CC2=CC3=NC(=CC4=NC(=CC5=NC(=CC1=N2)C=C5)C=C4)C=C3. The summed E-state index contributed by atoms with van der Waals surface area (Å²) < 4.78 is 0. The highest BCUT2D eigenvalue weighted by Gasteiger charge is 2.20. The number of rotatable bonds is 2. The molecular weight excluding hydrogens is 394 g/mol. The fourth-order valence-electron chi connectivity index (χ4n) is 4.05. The van der Waals surface area contributed by atoms with Crippen LogP contribution in [0.25, 0.3) is 5.57 Å². The predicted molar refractivity (Wildman–Crippen MR) is 131 cm³/mol. The van der Waals surface area contributed by atoms with E-state index in [1.165, 1.54) is 5.56 Å². The molecule has 32 heavy (non-hydrogen) atoms. The molecule has 0 saturated heterocycles. The van der Waals surface area contributed by atoms with Crippen molar-refractivity contribution in [2.24, 2.45) is 20.0 Å². The molecule has 0 radical (unpaired) electrons. The molecule has 5 aliphatic heterocycles. The second-order valence-corrected chi connectivity index (χ2v) is 7.81. The Kier molecular flexibility index (Phi) is 4.32. The van der Waals surface area contributed by atoms with Gasteiger partial charge in [-0.15, -0.1) is 0 Å². The summed E-state index contributed by atoms with van der Waals surface area (Å²) in [6, 6.07) is 4.10. The smallest absolute Gasteiger partial charge is 0.0756 e. The Hall–Kier alpha value is -4.25. The van der Waals surface area contributed by atoms with Crippen molar-refractivity contribution in [3.8, 4) is 0 Å². The standard InChI is InChI=1S/C27H19N5/c1-2-17-4-3-11-28-27(17)25-15-24-14-22-8-7-20(30-22)12-18-5-6-19(29-18)13-21-9-10-23(31-21)16-26(25)32-24/h3-16H,2H2,1H3. The second-order valence-electron chi connectivity index (χ2n) is 7.81. The van der Waals surface area contributed by atoms with Gasteiger partial charge in [-0.2, -0.15) is 0 Å². The van der Waals surface area contributed by atoms with Crippen LogP contribution in [-0.4, -0.2) is 27.8 Å². The zero-order valence-corrected chi connectivity index (χ0v) is 17.5. The van der Waals surface area contributed by atoms with Gasteiger partial charge >= 0.3 is 0 Å². The molecule has 5 heteroatoms. The molecule has 0 saturated carbocycles.